The largest absolute Gasteiger partial charge is 0.476 e. The Labute approximate surface area is 215 Å². The molecule has 35 heavy (non-hydrogen) atoms. The Morgan fingerprint density at radius 2 is 2.20 bits per heavy atom. The summed E-state index contributed by atoms with van der Waals surface area (Å²) >= 11 is 8.52. The minimum absolute atomic E-state index is 0.0279. The van der Waals surface area contributed by atoms with Gasteiger partial charge in [0.25, 0.3) is 0 Å². The highest BCUT2D eigenvalue weighted by Gasteiger charge is 2.41. The number of sulfonamides is 1. The molecule has 0 aliphatic carbocycles. The molecule has 9 nitrogen and oxygen atoms in total. The van der Waals surface area contributed by atoms with E-state index in [-0.39, 0.29) is 31.9 Å². The molecule has 3 heterocycles. The van der Waals surface area contributed by atoms with Crippen molar-refractivity contribution in [2.24, 2.45) is 0 Å². The Balaban J connectivity index is 1.59. The van der Waals surface area contributed by atoms with Gasteiger partial charge in [-0.25, -0.2) is 18.2 Å². The van der Waals surface area contributed by atoms with Crippen molar-refractivity contribution in [3.05, 3.63) is 62.9 Å². The van der Waals surface area contributed by atoms with Crippen LogP contribution in [0.5, 0.6) is 0 Å². The van der Waals surface area contributed by atoms with E-state index in [1.54, 1.807) is 18.2 Å². The van der Waals surface area contributed by atoms with E-state index in [2.05, 4.69) is 11.6 Å². The number of carbonyl (C=O) groups is 2. The van der Waals surface area contributed by atoms with Gasteiger partial charge in [-0.15, -0.1) is 29.3 Å². The lowest BCUT2D eigenvalue weighted by atomic mass is 10.2. The van der Waals surface area contributed by atoms with Crippen LogP contribution in [0.4, 0.5) is 0 Å². The first-order valence-electron chi connectivity index (χ1n) is 10.4. The Morgan fingerprint density at radius 3 is 2.86 bits per heavy atom. The van der Waals surface area contributed by atoms with Crippen molar-refractivity contribution >= 4 is 66.3 Å². The van der Waals surface area contributed by atoms with Gasteiger partial charge >= 0.3 is 5.97 Å². The van der Waals surface area contributed by atoms with Gasteiger partial charge in [0.1, 0.15) is 10.3 Å². The second-order valence-electron chi connectivity index (χ2n) is 7.89. The van der Waals surface area contributed by atoms with E-state index in [0.717, 1.165) is 21.4 Å². The predicted octanol–water partition coefficient (Wildman–Crippen LogP) is 3.63. The van der Waals surface area contributed by atoms with Crippen LogP contribution in [0.15, 0.2) is 42.3 Å². The monoisotopic (exact) mass is 555 g/mol. The molecule has 1 aliphatic rings. The number of ether oxygens (including phenoxy) is 1. The topological polar surface area (TPSA) is 117 Å². The number of benzene rings is 1. The third kappa shape index (κ3) is 5.27. The van der Waals surface area contributed by atoms with Crippen LogP contribution in [0.25, 0.3) is 10.1 Å². The van der Waals surface area contributed by atoms with Crippen molar-refractivity contribution in [2.75, 3.05) is 26.8 Å². The molecule has 1 aliphatic heterocycles. The lowest BCUT2D eigenvalue weighted by Crippen LogP contribution is -2.59. The van der Waals surface area contributed by atoms with Crippen LogP contribution in [0, 0.1) is 0 Å². The van der Waals surface area contributed by atoms with E-state index >= 15 is 0 Å². The number of methoxy groups -OCH3 is 1. The second kappa shape index (κ2) is 10.3. The number of aromatic carboxylic acids is 1. The van der Waals surface area contributed by atoms with Gasteiger partial charge in [-0.05, 0) is 23.6 Å². The number of thiophene rings is 1. The molecule has 3 aromatic rings. The zero-order chi connectivity index (χ0) is 25.3. The molecule has 2 unspecified atom stereocenters. The number of carboxylic acids is 1. The molecule has 0 radical (unpaired) electrons. The molecule has 2 aromatic heterocycles. The number of halogens is 1. The highest BCUT2D eigenvalue weighted by Crippen LogP contribution is 2.37. The molecule has 1 saturated heterocycles. The summed E-state index contributed by atoms with van der Waals surface area (Å²) in [6.07, 6.45) is 1.37. The summed E-state index contributed by atoms with van der Waals surface area (Å²) in [4.78, 5) is 30.3. The summed E-state index contributed by atoms with van der Waals surface area (Å²) in [5, 5.41) is 11.4. The average Bonchev–Trinajstić information content (AvgIpc) is 3.43. The molecule has 1 aromatic carbocycles. The third-order valence-corrected chi connectivity index (χ3v) is 10.1. The fourth-order valence-electron chi connectivity index (χ4n) is 3.93. The first kappa shape index (κ1) is 25.7. The molecule has 13 heteroatoms. The number of hydrogen-bond acceptors (Lipinski definition) is 8. The van der Waals surface area contributed by atoms with Crippen molar-refractivity contribution in [1.29, 1.82) is 0 Å². The van der Waals surface area contributed by atoms with Gasteiger partial charge in [-0.3, -0.25) is 4.79 Å². The molecule has 0 bridgehead atoms. The van der Waals surface area contributed by atoms with Crippen LogP contribution in [-0.2, 0) is 26.1 Å². The highest BCUT2D eigenvalue weighted by atomic mass is 35.5. The molecule has 1 N–H and O–H groups in total. The number of carbonyl (C=O) groups excluding carboxylic acids is 1. The maximum Gasteiger partial charge on any atom is 0.355 e. The van der Waals surface area contributed by atoms with Gasteiger partial charge in [0.05, 0.1) is 25.7 Å². The first-order chi connectivity index (χ1) is 16.6. The van der Waals surface area contributed by atoms with Crippen LogP contribution in [0.2, 0.25) is 5.02 Å². The lowest BCUT2D eigenvalue weighted by molar-refractivity contribution is -0.139. The van der Waals surface area contributed by atoms with E-state index < -0.39 is 33.2 Å². The summed E-state index contributed by atoms with van der Waals surface area (Å²) < 4.78 is 34.6. The first-order valence-corrected chi connectivity index (χ1v) is 14.0. The lowest BCUT2D eigenvalue weighted by Gasteiger charge is -2.40. The molecule has 1 fully saturated rings. The average molecular weight is 556 g/mol. The molecule has 4 rings (SSSR count). The summed E-state index contributed by atoms with van der Waals surface area (Å²) in [5.41, 5.74) is -0.0969. The predicted molar refractivity (Wildman–Crippen MR) is 136 cm³/mol. The van der Waals surface area contributed by atoms with E-state index in [1.807, 2.05) is 6.07 Å². The van der Waals surface area contributed by atoms with Gasteiger partial charge < -0.3 is 14.7 Å². The molecule has 186 valence electrons. The number of fused-ring (bicyclic) bond motifs is 1. The van der Waals surface area contributed by atoms with Crippen molar-refractivity contribution in [2.45, 2.75) is 17.8 Å². The molecular weight excluding hydrogens is 534 g/mol. The van der Waals surface area contributed by atoms with Crippen LogP contribution >= 0.6 is 34.3 Å². The number of nitrogens with zero attached hydrogens (tertiary/aromatic N) is 3. The van der Waals surface area contributed by atoms with Gasteiger partial charge in [0.15, 0.2) is 5.69 Å². The van der Waals surface area contributed by atoms with E-state index in [0.29, 0.717) is 14.9 Å². The molecule has 0 saturated carbocycles. The maximum atomic E-state index is 13.6. The number of thiazole rings is 1. The smallest absolute Gasteiger partial charge is 0.355 e. The van der Waals surface area contributed by atoms with Crippen molar-refractivity contribution in [3.63, 3.8) is 0 Å². The normalized spacial score (nSPS) is 18.2. The Bertz CT molecular complexity index is 1390. The zero-order valence-electron chi connectivity index (χ0n) is 18.6. The SMILES string of the molecule is C=CC(c1cc2ccc(Cl)cc2s1)S(=O)(=O)N1CC(=O)N(Cc2nc(C(=O)O)cs2)C(COC)C1. The minimum atomic E-state index is -3.97. The van der Waals surface area contributed by atoms with Crippen LogP contribution in [0.1, 0.15) is 25.6 Å². The van der Waals surface area contributed by atoms with Gasteiger partial charge in [-0.1, -0.05) is 23.7 Å². The number of piperazine rings is 1. The van der Waals surface area contributed by atoms with Crippen molar-refractivity contribution < 1.29 is 27.9 Å². The summed E-state index contributed by atoms with van der Waals surface area (Å²) in [5.74, 6) is -1.57. The fourth-order valence-corrected chi connectivity index (χ4v) is 8.12. The van der Waals surface area contributed by atoms with Crippen LogP contribution < -0.4 is 0 Å². The van der Waals surface area contributed by atoms with Crippen molar-refractivity contribution in [3.8, 4) is 0 Å². The number of amides is 1. The highest BCUT2D eigenvalue weighted by molar-refractivity contribution is 7.89. The number of hydrogen-bond donors (Lipinski definition) is 1. The second-order valence-corrected chi connectivity index (χ2v) is 12.4. The molecule has 2 atom stereocenters. The minimum Gasteiger partial charge on any atom is -0.476 e. The quantitative estimate of drug-likeness (QED) is 0.401. The van der Waals surface area contributed by atoms with Gasteiger partial charge in [0, 0.05) is 33.6 Å². The zero-order valence-corrected chi connectivity index (χ0v) is 21.8. The van der Waals surface area contributed by atoms with Crippen molar-refractivity contribution in [1.82, 2.24) is 14.2 Å². The van der Waals surface area contributed by atoms with E-state index in [4.69, 9.17) is 21.4 Å². The third-order valence-electron chi connectivity index (χ3n) is 5.60. The van der Waals surface area contributed by atoms with E-state index in [9.17, 15) is 18.0 Å². The van der Waals surface area contributed by atoms with Gasteiger partial charge in [-0.2, -0.15) is 4.31 Å². The standard InChI is InChI=1S/C22H22ClN3O6S3/c1-3-19(18-6-13-4-5-14(23)7-17(13)34-18)35(30,31)25-8-15(11-32-2)26(21(27)10-25)9-20-24-16(12-33-20)22(28)29/h3-7,12,15,19H,1,8-11H2,2H3,(H,28,29). The Morgan fingerprint density at radius 1 is 1.43 bits per heavy atom. The molecular formula is C22H22ClN3O6S3. The maximum absolute atomic E-state index is 13.6. The number of aromatic nitrogens is 1. The molecule has 1 amide bonds. The van der Waals surface area contributed by atoms with Crippen LogP contribution in [0.3, 0.4) is 0 Å². The molecule has 0 spiro atoms. The van der Waals surface area contributed by atoms with E-state index in [1.165, 1.54) is 39.1 Å². The summed E-state index contributed by atoms with van der Waals surface area (Å²) in [6.45, 7) is 3.61. The summed E-state index contributed by atoms with van der Waals surface area (Å²) in [7, 11) is -2.50. The van der Waals surface area contributed by atoms with Gasteiger partial charge in [0.2, 0.25) is 15.9 Å². The number of rotatable bonds is 9. The summed E-state index contributed by atoms with van der Waals surface area (Å²) in [6, 6.07) is 6.58. The Kier molecular flexibility index (Phi) is 7.60. The number of carboxylic acid groups (broad SMARTS) is 1. The fraction of sp³-hybridized carbons (Fsp3) is 0.318. The Hall–Kier alpha value is -2.35. The van der Waals surface area contributed by atoms with Crippen LogP contribution in [-0.4, -0.2) is 72.4 Å².